The average molecular weight is 271 g/mol. The highest BCUT2D eigenvalue weighted by Crippen LogP contribution is 2.31. The monoisotopic (exact) mass is 271 g/mol. The molecule has 1 atom stereocenters. The number of amides is 1. The van der Waals surface area contributed by atoms with Crippen molar-refractivity contribution in [3.63, 3.8) is 0 Å². The molecule has 20 heavy (non-hydrogen) atoms. The van der Waals surface area contributed by atoms with Crippen molar-refractivity contribution in [2.75, 3.05) is 18.4 Å². The van der Waals surface area contributed by atoms with E-state index >= 15 is 0 Å². The normalized spacial score (nSPS) is 20.1. The van der Waals surface area contributed by atoms with Crippen molar-refractivity contribution in [1.82, 2.24) is 4.90 Å². The molecule has 0 bridgehead atoms. The van der Waals surface area contributed by atoms with Crippen LogP contribution in [0.15, 0.2) is 24.3 Å². The number of ether oxygens (including phenoxy) is 1. The van der Waals surface area contributed by atoms with Crippen LogP contribution in [0, 0.1) is 11.3 Å². The van der Waals surface area contributed by atoms with E-state index < -0.39 is 6.10 Å². The van der Waals surface area contributed by atoms with E-state index in [9.17, 15) is 4.79 Å². The molecule has 1 heterocycles. The first-order valence-corrected chi connectivity index (χ1v) is 6.96. The highest BCUT2D eigenvalue weighted by atomic mass is 16.5. The SMILES string of the molecule is N#CCCN(C(=O)C1CNc2ccccc2O1)C1CC1. The molecule has 1 fully saturated rings. The lowest BCUT2D eigenvalue weighted by molar-refractivity contribution is -0.138. The van der Waals surface area contributed by atoms with Crippen LogP contribution >= 0.6 is 0 Å². The number of carbonyl (C=O) groups excluding carboxylic acids is 1. The van der Waals surface area contributed by atoms with Gasteiger partial charge in [-0.15, -0.1) is 0 Å². The van der Waals surface area contributed by atoms with Gasteiger partial charge < -0.3 is 15.0 Å². The Hall–Kier alpha value is -2.22. The lowest BCUT2D eigenvalue weighted by Crippen LogP contribution is -2.48. The number of para-hydroxylation sites is 2. The fourth-order valence-corrected chi connectivity index (χ4v) is 2.47. The third-order valence-corrected chi connectivity index (χ3v) is 3.64. The van der Waals surface area contributed by atoms with Crippen LogP contribution in [0.1, 0.15) is 19.3 Å². The second-order valence-electron chi connectivity index (χ2n) is 5.15. The van der Waals surface area contributed by atoms with Crippen molar-refractivity contribution in [3.05, 3.63) is 24.3 Å². The Kier molecular flexibility index (Phi) is 3.46. The zero-order valence-electron chi connectivity index (χ0n) is 11.2. The van der Waals surface area contributed by atoms with Crippen LogP contribution in [0.5, 0.6) is 5.75 Å². The molecule has 1 amide bonds. The van der Waals surface area contributed by atoms with Crippen molar-refractivity contribution in [2.45, 2.75) is 31.4 Å². The van der Waals surface area contributed by atoms with Crippen molar-refractivity contribution in [1.29, 1.82) is 5.26 Å². The lowest BCUT2D eigenvalue weighted by atomic mass is 10.2. The molecule has 1 N–H and O–H groups in total. The number of benzene rings is 1. The molecule has 0 aromatic heterocycles. The van der Waals surface area contributed by atoms with Gasteiger partial charge in [-0.25, -0.2) is 0 Å². The zero-order valence-corrected chi connectivity index (χ0v) is 11.2. The van der Waals surface area contributed by atoms with E-state index in [-0.39, 0.29) is 5.91 Å². The predicted molar refractivity (Wildman–Crippen MR) is 74.3 cm³/mol. The van der Waals surface area contributed by atoms with Gasteiger partial charge in [0.1, 0.15) is 5.75 Å². The Morgan fingerprint density at radius 2 is 2.25 bits per heavy atom. The minimum Gasteiger partial charge on any atom is -0.477 e. The highest BCUT2D eigenvalue weighted by molar-refractivity contribution is 5.83. The van der Waals surface area contributed by atoms with E-state index in [0.717, 1.165) is 18.5 Å². The zero-order chi connectivity index (χ0) is 13.9. The molecule has 1 aliphatic heterocycles. The van der Waals surface area contributed by atoms with Crippen molar-refractivity contribution in [2.24, 2.45) is 0 Å². The first kappa shape index (κ1) is 12.8. The Labute approximate surface area is 118 Å². The van der Waals surface area contributed by atoms with Gasteiger partial charge in [0.2, 0.25) is 0 Å². The minimum absolute atomic E-state index is 0.00949. The van der Waals surface area contributed by atoms with Gasteiger partial charge in [0, 0.05) is 12.6 Å². The molecular formula is C15H17N3O2. The maximum Gasteiger partial charge on any atom is 0.265 e. The summed E-state index contributed by atoms with van der Waals surface area (Å²) in [5, 5.41) is 11.9. The standard InChI is InChI=1S/C15H17N3O2/c16-8-3-9-18(11-6-7-11)15(19)14-10-17-12-4-1-2-5-13(12)20-14/h1-2,4-5,11,14,17H,3,6-7,9-10H2. The summed E-state index contributed by atoms with van der Waals surface area (Å²) < 4.78 is 5.80. The molecule has 1 aromatic rings. The number of carbonyl (C=O) groups is 1. The predicted octanol–water partition coefficient (Wildman–Crippen LogP) is 1.76. The molecule has 0 radical (unpaired) electrons. The fraction of sp³-hybridized carbons (Fsp3) is 0.467. The van der Waals surface area contributed by atoms with Crippen LogP contribution in [0.25, 0.3) is 0 Å². The molecule has 104 valence electrons. The minimum atomic E-state index is -0.496. The molecule has 3 rings (SSSR count). The summed E-state index contributed by atoms with van der Waals surface area (Å²) in [6, 6.07) is 10.0. The van der Waals surface area contributed by atoms with Gasteiger partial charge in [-0.3, -0.25) is 4.79 Å². The summed E-state index contributed by atoms with van der Waals surface area (Å²) in [5.74, 6) is 0.706. The van der Waals surface area contributed by atoms with Gasteiger partial charge in [0.15, 0.2) is 6.10 Å². The Morgan fingerprint density at radius 1 is 1.45 bits per heavy atom. The molecule has 1 saturated carbocycles. The fourth-order valence-electron chi connectivity index (χ4n) is 2.47. The summed E-state index contributed by atoms with van der Waals surface area (Å²) in [7, 11) is 0. The van der Waals surface area contributed by atoms with Crippen LogP contribution in [-0.2, 0) is 4.79 Å². The van der Waals surface area contributed by atoms with Crippen LogP contribution in [0.2, 0.25) is 0 Å². The second-order valence-corrected chi connectivity index (χ2v) is 5.15. The maximum atomic E-state index is 12.5. The molecular weight excluding hydrogens is 254 g/mol. The Balaban J connectivity index is 1.70. The summed E-state index contributed by atoms with van der Waals surface area (Å²) in [6.45, 7) is 0.979. The van der Waals surface area contributed by atoms with Gasteiger partial charge in [-0.2, -0.15) is 5.26 Å². The molecule has 0 saturated heterocycles. The van der Waals surface area contributed by atoms with Crippen LogP contribution < -0.4 is 10.1 Å². The summed E-state index contributed by atoms with van der Waals surface area (Å²) >= 11 is 0. The van der Waals surface area contributed by atoms with E-state index in [0.29, 0.717) is 31.3 Å². The lowest BCUT2D eigenvalue weighted by Gasteiger charge is -2.31. The molecule has 1 unspecified atom stereocenters. The molecule has 1 aromatic carbocycles. The Morgan fingerprint density at radius 3 is 3.00 bits per heavy atom. The van der Waals surface area contributed by atoms with Crippen molar-refractivity contribution >= 4 is 11.6 Å². The Bertz CT molecular complexity index is 548. The van der Waals surface area contributed by atoms with E-state index in [1.807, 2.05) is 29.2 Å². The average Bonchev–Trinajstić information content (AvgIpc) is 3.32. The largest absolute Gasteiger partial charge is 0.477 e. The number of hydrogen-bond donors (Lipinski definition) is 1. The number of fused-ring (bicyclic) bond motifs is 1. The van der Waals surface area contributed by atoms with Gasteiger partial charge in [0.05, 0.1) is 24.7 Å². The van der Waals surface area contributed by atoms with E-state index in [2.05, 4.69) is 11.4 Å². The van der Waals surface area contributed by atoms with Crippen molar-refractivity contribution in [3.8, 4) is 11.8 Å². The third-order valence-electron chi connectivity index (χ3n) is 3.64. The molecule has 1 aliphatic carbocycles. The molecule has 0 spiro atoms. The van der Waals surface area contributed by atoms with E-state index in [1.165, 1.54) is 0 Å². The molecule has 2 aliphatic rings. The molecule has 5 nitrogen and oxygen atoms in total. The maximum absolute atomic E-state index is 12.5. The van der Waals surface area contributed by atoms with Crippen LogP contribution in [-0.4, -0.2) is 36.0 Å². The van der Waals surface area contributed by atoms with E-state index in [4.69, 9.17) is 10.00 Å². The number of nitrogens with zero attached hydrogens (tertiary/aromatic N) is 2. The van der Waals surface area contributed by atoms with E-state index in [1.54, 1.807) is 0 Å². The van der Waals surface area contributed by atoms with Crippen LogP contribution in [0.4, 0.5) is 5.69 Å². The number of nitriles is 1. The van der Waals surface area contributed by atoms with Gasteiger partial charge in [-0.1, -0.05) is 12.1 Å². The quantitative estimate of drug-likeness (QED) is 0.906. The van der Waals surface area contributed by atoms with Gasteiger partial charge in [0.25, 0.3) is 5.91 Å². The molecule has 5 heteroatoms. The number of anilines is 1. The highest BCUT2D eigenvalue weighted by Gasteiger charge is 2.37. The van der Waals surface area contributed by atoms with Crippen molar-refractivity contribution < 1.29 is 9.53 Å². The first-order valence-electron chi connectivity index (χ1n) is 6.96. The number of hydrogen-bond acceptors (Lipinski definition) is 4. The topological polar surface area (TPSA) is 65.4 Å². The van der Waals surface area contributed by atoms with Gasteiger partial charge in [-0.05, 0) is 25.0 Å². The number of nitrogens with one attached hydrogen (secondary N) is 1. The summed E-state index contributed by atoms with van der Waals surface area (Å²) in [6.07, 6.45) is 1.95. The third kappa shape index (κ3) is 2.55. The van der Waals surface area contributed by atoms with Gasteiger partial charge >= 0.3 is 0 Å². The second kappa shape index (κ2) is 5.41. The first-order chi connectivity index (χ1) is 9.79. The van der Waals surface area contributed by atoms with Crippen LogP contribution in [0.3, 0.4) is 0 Å². The summed E-state index contributed by atoms with van der Waals surface area (Å²) in [4.78, 5) is 14.4. The smallest absolute Gasteiger partial charge is 0.265 e. The number of rotatable bonds is 4. The summed E-state index contributed by atoms with van der Waals surface area (Å²) in [5.41, 5.74) is 0.923.